The number of hydrogen-bond acceptors (Lipinski definition) is 2. The van der Waals surface area contributed by atoms with Crippen LogP contribution in [-0.2, 0) is 6.54 Å². The van der Waals surface area contributed by atoms with Gasteiger partial charge in [0.1, 0.15) is 0 Å². The second-order valence-corrected chi connectivity index (χ2v) is 6.28. The van der Waals surface area contributed by atoms with Crippen LogP contribution in [0.4, 0.5) is 0 Å². The monoisotopic (exact) mass is 273 g/mol. The smallest absolute Gasteiger partial charge is 0.335 e. The Labute approximate surface area is 120 Å². The number of aromatic carboxylic acids is 1. The minimum Gasteiger partial charge on any atom is -0.478 e. The van der Waals surface area contributed by atoms with Crippen molar-refractivity contribution in [2.24, 2.45) is 11.8 Å². The van der Waals surface area contributed by atoms with E-state index in [-0.39, 0.29) is 0 Å². The van der Waals surface area contributed by atoms with Crippen LogP contribution in [0.1, 0.15) is 54.4 Å². The Hall–Kier alpha value is -1.35. The molecule has 108 valence electrons. The summed E-state index contributed by atoms with van der Waals surface area (Å²) in [4.78, 5) is 10.8. The van der Waals surface area contributed by atoms with Crippen molar-refractivity contribution < 1.29 is 9.90 Å². The lowest BCUT2D eigenvalue weighted by Crippen LogP contribution is -2.39. The second kappa shape index (κ2) is 5.96. The first-order chi connectivity index (χ1) is 9.74. The van der Waals surface area contributed by atoms with E-state index in [1.54, 1.807) is 12.1 Å². The van der Waals surface area contributed by atoms with Crippen molar-refractivity contribution >= 4 is 5.97 Å². The van der Waals surface area contributed by atoms with Gasteiger partial charge in [0.05, 0.1) is 5.56 Å². The third-order valence-electron chi connectivity index (χ3n) is 4.82. The summed E-state index contributed by atoms with van der Waals surface area (Å²) in [5.74, 6) is 0.995. The summed E-state index contributed by atoms with van der Waals surface area (Å²) in [6.45, 7) is 0.855. The van der Waals surface area contributed by atoms with Gasteiger partial charge >= 0.3 is 5.97 Å². The molecular formula is C17H23NO2. The molecule has 0 radical (unpaired) electrons. The molecule has 2 aliphatic carbocycles. The van der Waals surface area contributed by atoms with Crippen LogP contribution in [0, 0.1) is 11.8 Å². The van der Waals surface area contributed by atoms with Gasteiger partial charge in [0.15, 0.2) is 0 Å². The van der Waals surface area contributed by atoms with Gasteiger partial charge in [-0.3, -0.25) is 0 Å². The highest BCUT2D eigenvalue weighted by atomic mass is 16.4. The van der Waals surface area contributed by atoms with Crippen molar-refractivity contribution in [2.45, 2.75) is 51.1 Å². The first-order valence-corrected chi connectivity index (χ1v) is 7.79. The average molecular weight is 273 g/mol. The van der Waals surface area contributed by atoms with Gasteiger partial charge in [-0.2, -0.15) is 0 Å². The second-order valence-electron chi connectivity index (χ2n) is 6.28. The van der Waals surface area contributed by atoms with Gasteiger partial charge in [-0.25, -0.2) is 4.79 Å². The number of carboxylic acids is 1. The van der Waals surface area contributed by atoms with Crippen molar-refractivity contribution in [1.29, 1.82) is 0 Å². The molecule has 1 aromatic rings. The standard InChI is InChI=1S/C17H23NO2/c19-17(20)14-7-5-12(6-8-14)11-18-16-4-2-1-3-15(16)13-9-10-13/h5-8,13,15-16,18H,1-4,9-11H2,(H,19,20). The number of hydrogen-bond donors (Lipinski definition) is 2. The Bertz CT molecular complexity index is 464. The number of carboxylic acid groups (broad SMARTS) is 1. The molecule has 2 unspecified atom stereocenters. The summed E-state index contributed by atoms with van der Waals surface area (Å²) in [6.07, 6.45) is 8.28. The molecule has 2 N–H and O–H groups in total. The molecule has 3 heteroatoms. The first kappa shape index (κ1) is 13.6. The van der Waals surface area contributed by atoms with Gasteiger partial charge in [-0.05, 0) is 55.2 Å². The maximum absolute atomic E-state index is 10.8. The zero-order valence-corrected chi connectivity index (χ0v) is 11.8. The molecular weight excluding hydrogens is 250 g/mol. The number of nitrogens with one attached hydrogen (secondary N) is 1. The minimum atomic E-state index is -0.856. The summed E-state index contributed by atoms with van der Waals surface area (Å²) < 4.78 is 0. The Morgan fingerprint density at radius 2 is 1.80 bits per heavy atom. The Kier molecular flexibility index (Phi) is 4.06. The van der Waals surface area contributed by atoms with Crippen LogP contribution in [0.5, 0.6) is 0 Å². The van der Waals surface area contributed by atoms with Crippen LogP contribution in [0.15, 0.2) is 24.3 Å². The lowest BCUT2D eigenvalue weighted by molar-refractivity contribution is 0.0697. The Morgan fingerprint density at radius 1 is 1.10 bits per heavy atom. The maximum Gasteiger partial charge on any atom is 0.335 e. The fourth-order valence-corrected chi connectivity index (χ4v) is 3.52. The van der Waals surface area contributed by atoms with Crippen molar-refractivity contribution in [3.8, 4) is 0 Å². The zero-order valence-electron chi connectivity index (χ0n) is 11.8. The Balaban J connectivity index is 1.56. The highest BCUT2D eigenvalue weighted by Crippen LogP contribution is 2.44. The molecule has 0 saturated heterocycles. The molecule has 2 aliphatic rings. The SMILES string of the molecule is O=C(O)c1ccc(CNC2CCCCC2C2CC2)cc1. The lowest BCUT2D eigenvalue weighted by atomic mass is 9.81. The normalized spacial score (nSPS) is 26.4. The van der Waals surface area contributed by atoms with Crippen LogP contribution in [-0.4, -0.2) is 17.1 Å². The van der Waals surface area contributed by atoms with Crippen LogP contribution in [0.3, 0.4) is 0 Å². The molecule has 2 atom stereocenters. The van der Waals surface area contributed by atoms with E-state index in [4.69, 9.17) is 5.11 Å². The summed E-state index contributed by atoms with van der Waals surface area (Å²) in [7, 11) is 0. The van der Waals surface area contributed by atoms with Crippen molar-refractivity contribution in [3.63, 3.8) is 0 Å². The first-order valence-electron chi connectivity index (χ1n) is 7.79. The molecule has 0 heterocycles. The molecule has 1 aromatic carbocycles. The van der Waals surface area contributed by atoms with E-state index < -0.39 is 5.97 Å². The van der Waals surface area contributed by atoms with E-state index in [2.05, 4.69) is 5.32 Å². The van der Waals surface area contributed by atoms with Crippen LogP contribution in [0.2, 0.25) is 0 Å². The van der Waals surface area contributed by atoms with Gasteiger partial charge in [0.2, 0.25) is 0 Å². The predicted molar refractivity (Wildman–Crippen MR) is 78.7 cm³/mol. The predicted octanol–water partition coefficient (Wildman–Crippen LogP) is 3.44. The topological polar surface area (TPSA) is 49.3 Å². The zero-order chi connectivity index (χ0) is 13.9. The van der Waals surface area contributed by atoms with Crippen LogP contribution >= 0.6 is 0 Å². The van der Waals surface area contributed by atoms with Crippen molar-refractivity contribution in [1.82, 2.24) is 5.32 Å². The molecule has 3 nitrogen and oxygen atoms in total. The number of benzene rings is 1. The molecule has 0 bridgehead atoms. The summed E-state index contributed by atoms with van der Waals surface area (Å²) >= 11 is 0. The van der Waals surface area contributed by atoms with Gasteiger partial charge in [-0.1, -0.05) is 25.0 Å². The lowest BCUT2D eigenvalue weighted by Gasteiger charge is -2.32. The largest absolute Gasteiger partial charge is 0.478 e. The Morgan fingerprint density at radius 3 is 2.45 bits per heavy atom. The molecule has 20 heavy (non-hydrogen) atoms. The molecule has 0 spiro atoms. The van der Waals surface area contributed by atoms with Gasteiger partial charge in [-0.15, -0.1) is 0 Å². The van der Waals surface area contributed by atoms with Crippen LogP contribution in [0.25, 0.3) is 0 Å². The third-order valence-corrected chi connectivity index (χ3v) is 4.82. The number of rotatable bonds is 5. The summed E-state index contributed by atoms with van der Waals surface area (Å²) in [6, 6.07) is 7.89. The van der Waals surface area contributed by atoms with Gasteiger partial charge < -0.3 is 10.4 Å². The van der Waals surface area contributed by atoms with E-state index in [9.17, 15) is 4.79 Å². The third kappa shape index (κ3) is 3.21. The van der Waals surface area contributed by atoms with E-state index in [1.807, 2.05) is 12.1 Å². The number of carbonyl (C=O) groups is 1. The van der Waals surface area contributed by atoms with E-state index in [1.165, 1.54) is 44.1 Å². The molecule has 2 fully saturated rings. The highest BCUT2D eigenvalue weighted by Gasteiger charge is 2.37. The fraction of sp³-hybridized carbons (Fsp3) is 0.588. The average Bonchev–Trinajstić information content (AvgIpc) is 3.30. The minimum absolute atomic E-state index is 0.363. The summed E-state index contributed by atoms with van der Waals surface area (Å²) in [5.41, 5.74) is 1.54. The molecule has 3 rings (SSSR count). The van der Waals surface area contributed by atoms with Crippen molar-refractivity contribution in [3.05, 3.63) is 35.4 Å². The molecule has 0 amide bonds. The fourth-order valence-electron chi connectivity index (χ4n) is 3.52. The quantitative estimate of drug-likeness (QED) is 0.864. The van der Waals surface area contributed by atoms with Gasteiger partial charge in [0.25, 0.3) is 0 Å². The highest BCUT2D eigenvalue weighted by molar-refractivity contribution is 5.87. The molecule has 0 aliphatic heterocycles. The maximum atomic E-state index is 10.8. The molecule has 2 saturated carbocycles. The molecule has 0 aromatic heterocycles. The van der Waals surface area contributed by atoms with E-state index >= 15 is 0 Å². The van der Waals surface area contributed by atoms with Crippen molar-refractivity contribution in [2.75, 3.05) is 0 Å². The summed E-state index contributed by atoms with van der Waals surface area (Å²) in [5, 5.41) is 12.6. The van der Waals surface area contributed by atoms with E-state index in [0.29, 0.717) is 11.6 Å². The van der Waals surface area contributed by atoms with Gasteiger partial charge in [0, 0.05) is 12.6 Å². The van der Waals surface area contributed by atoms with E-state index in [0.717, 1.165) is 18.4 Å². The van der Waals surface area contributed by atoms with Crippen LogP contribution < -0.4 is 5.32 Å².